The molecular formula is C15H24O. The highest BCUT2D eigenvalue weighted by Gasteiger charge is 2.75. The fourth-order valence-corrected chi connectivity index (χ4v) is 5.21. The lowest BCUT2D eigenvalue weighted by Gasteiger charge is -2.57. The van der Waals surface area contributed by atoms with E-state index >= 15 is 0 Å². The van der Waals surface area contributed by atoms with Crippen molar-refractivity contribution in [1.82, 2.24) is 0 Å². The molecule has 1 N–H and O–H groups in total. The Bertz CT molecular complexity index is 350. The Labute approximate surface area is 98.9 Å². The van der Waals surface area contributed by atoms with Gasteiger partial charge in [0.25, 0.3) is 0 Å². The maximum atomic E-state index is 10.3. The van der Waals surface area contributed by atoms with Crippen LogP contribution < -0.4 is 0 Å². The summed E-state index contributed by atoms with van der Waals surface area (Å²) in [5.74, 6) is 0.705. The molecule has 1 heteroatoms. The summed E-state index contributed by atoms with van der Waals surface area (Å²) in [5.41, 5.74) is 2.36. The minimum atomic E-state index is -0.114. The number of allylic oxidation sites excluding steroid dienone is 1. The van der Waals surface area contributed by atoms with Gasteiger partial charge in [0.2, 0.25) is 0 Å². The molecule has 90 valence electrons. The normalized spacial score (nSPS) is 54.1. The third-order valence-corrected chi connectivity index (χ3v) is 6.48. The van der Waals surface area contributed by atoms with Crippen LogP contribution in [0.5, 0.6) is 0 Å². The van der Waals surface area contributed by atoms with E-state index < -0.39 is 0 Å². The molecule has 0 radical (unpaired) electrons. The van der Waals surface area contributed by atoms with Crippen molar-refractivity contribution >= 4 is 0 Å². The van der Waals surface area contributed by atoms with E-state index in [4.69, 9.17) is 0 Å². The average molecular weight is 220 g/mol. The van der Waals surface area contributed by atoms with Gasteiger partial charge in [-0.3, -0.25) is 0 Å². The second-order valence-corrected chi connectivity index (χ2v) is 7.22. The summed E-state index contributed by atoms with van der Waals surface area (Å²) < 4.78 is 0. The molecule has 3 aliphatic rings. The van der Waals surface area contributed by atoms with Crippen LogP contribution in [0.15, 0.2) is 12.2 Å². The van der Waals surface area contributed by atoms with Crippen LogP contribution in [0.25, 0.3) is 0 Å². The van der Waals surface area contributed by atoms with E-state index in [-0.39, 0.29) is 11.5 Å². The molecule has 4 atom stereocenters. The zero-order valence-corrected chi connectivity index (χ0v) is 10.8. The maximum absolute atomic E-state index is 10.3. The van der Waals surface area contributed by atoms with Gasteiger partial charge < -0.3 is 5.11 Å². The zero-order valence-electron chi connectivity index (χ0n) is 10.8. The van der Waals surface area contributed by atoms with E-state index in [1.807, 2.05) is 0 Å². The van der Waals surface area contributed by atoms with Crippen LogP contribution in [0.4, 0.5) is 0 Å². The van der Waals surface area contributed by atoms with Crippen molar-refractivity contribution in [2.45, 2.75) is 59.0 Å². The van der Waals surface area contributed by atoms with Crippen LogP contribution in [0.2, 0.25) is 0 Å². The summed E-state index contributed by atoms with van der Waals surface area (Å²) in [7, 11) is 0. The number of hydrogen-bond acceptors (Lipinski definition) is 1. The lowest BCUT2D eigenvalue weighted by atomic mass is 9.48. The van der Waals surface area contributed by atoms with Gasteiger partial charge in [-0.05, 0) is 54.3 Å². The second-order valence-electron chi connectivity index (χ2n) is 7.22. The van der Waals surface area contributed by atoms with Crippen molar-refractivity contribution in [3.63, 3.8) is 0 Å². The molecular weight excluding hydrogens is 196 g/mol. The predicted octanol–water partition coefficient (Wildman–Crippen LogP) is 3.53. The summed E-state index contributed by atoms with van der Waals surface area (Å²) in [6.07, 6.45) is 5.88. The molecule has 0 aromatic rings. The molecule has 3 saturated carbocycles. The number of hydrogen-bond donors (Lipinski definition) is 1. The van der Waals surface area contributed by atoms with Crippen LogP contribution in [0, 0.1) is 22.2 Å². The molecule has 0 heterocycles. The van der Waals surface area contributed by atoms with Crippen molar-refractivity contribution in [1.29, 1.82) is 0 Å². The first kappa shape index (κ1) is 10.8. The summed E-state index contributed by atoms with van der Waals surface area (Å²) in [6, 6.07) is 0. The van der Waals surface area contributed by atoms with Crippen molar-refractivity contribution in [3.05, 3.63) is 12.2 Å². The fraction of sp³-hybridized carbons (Fsp3) is 0.867. The van der Waals surface area contributed by atoms with Gasteiger partial charge in [0.1, 0.15) is 0 Å². The van der Waals surface area contributed by atoms with Gasteiger partial charge in [-0.25, -0.2) is 0 Å². The first-order valence-corrected chi connectivity index (χ1v) is 6.71. The van der Waals surface area contributed by atoms with Crippen LogP contribution in [-0.2, 0) is 0 Å². The molecule has 0 aliphatic heterocycles. The Kier molecular flexibility index (Phi) is 1.86. The van der Waals surface area contributed by atoms with E-state index in [1.165, 1.54) is 31.3 Å². The smallest absolute Gasteiger partial charge is 0.0597 e. The second kappa shape index (κ2) is 2.75. The quantitative estimate of drug-likeness (QED) is 0.619. The van der Waals surface area contributed by atoms with E-state index in [1.54, 1.807) is 0 Å². The summed E-state index contributed by atoms with van der Waals surface area (Å²) in [6.45, 7) is 11.3. The standard InChI is InChI=1S/C15H24O/c1-10-5-7-14(4)8-6-12(16)13(2,3)15(14)9-11(10)15/h11-12,16H,1,5-9H2,2-4H3/t11-,12-,14+,15?/m1/s1. The topological polar surface area (TPSA) is 20.2 Å². The van der Waals surface area contributed by atoms with Gasteiger partial charge in [0.15, 0.2) is 0 Å². The Morgan fingerprint density at radius 1 is 1.25 bits per heavy atom. The van der Waals surface area contributed by atoms with Gasteiger partial charge in [-0.1, -0.05) is 32.9 Å². The lowest BCUT2D eigenvalue weighted by Crippen LogP contribution is -2.53. The Morgan fingerprint density at radius 3 is 2.62 bits per heavy atom. The molecule has 3 rings (SSSR count). The molecule has 0 aromatic heterocycles. The van der Waals surface area contributed by atoms with Crippen LogP contribution in [-0.4, -0.2) is 11.2 Å². The highest BCUT2D eigenvalue weighted by molar-refractivity contribution is 5.32. The molecule has 1 spiro atoms. The lowest BCUT2D eigenvalue weighted by molar-refractivity contribution is -0.126. The minimum absolute atomic E-state index is 0.0774. The monoisotopic (exact) mass is 220 g/mol. The van der Waals surface area contributed by atoms with Crippen molar-refractivity contribution in [2.24, 2.45) is 22.2 Å². The summed E-state index contributed by atoms with van der Waals surface area (Å²) >= 11 is 0. The van der Waals surface area contributed by atoms with Gasteiger partial charge >= 0.3 is 0 Å². The highest BCUT2D eigenvalue weighted by atomic mass is 16.3. The largest absolute Gasteiger partial charge is 0.393 e. The highest BCUT2D eigenvalue weighted by Crippen LogP contribution is 2.81. The van der Waals surface area contributed by atoms with Gasteiger partial charge in [0.05, 0.1) is 6.10 Å². The maximum Gasteiger partial charge on any atom is 0.0597 e. The summed E-state index contributed by atoms with van der Waals surface area (Å²) in [5, 5.41) is 10.3. The van der Waals surface area contributed by atoms with E-state index in [2.05, 4.69) is 27.4 Å². The van der Waals surface area contributed by atoms with E-state index in [9.17, 15) is 5.11 Å². The SMILES string of the molecule is C=C1CC[C@@]2(C)CC[C@@H](O)C(C)(C)C23C[C@H]13. The van der Waals surface area contributed by atoms with Crippen LogP contribution in [0.3, 0.4) is 0 Å². The number of rotatable bonds is 0. The molecule has 3 aliphatic carbocycles. The van der Waals surface area contributed by atoms with Crippen molar-refractivity contribution in [2.75, 3.05) is 0 Å². The third-order valence-electron chi connectivity index (χ3n) is 6.48. The van der Waals surface area contributed by atoms with Gasteiger partial charge in [-0.2, -0.15) is 0 Å². The van der Waals surface area contributed by atoms with Crippen LogP contribution in [0.1, 0.15) is 52.9 Å². The molecule has 0 amide bonds. The molecule has 0 bridgehead atoms. The van der Waals surface area contributed by atoms with E-state index in [0.29, 0.717) is 16.7 Å². The average Bonchev–Trinajstić information content (AvgIpc) is 2.97. The zero-order chi connectivity index (χ0) is 11.8. The predicted molar refractivity (Wildman–Crippen MR) is 66.0 cm³/mol. The molecule has 3 fully saturated rings. The van der Waals surface area contributed by atoms with Gasteiger partial charge in [-0.15, -0.1) is 0 Å². The van der Waals surface area contributed by atoms with Crippen molar-refractivity contribution < 1.29 is 5.11 Å². The first-order valence-electron chi connectivity index (χ1n) is 6.71. The molecule has 0 aromatic carbocycles. The Balaban J connectivity index is 2.08. The van der Waals surface area contributed by atoms with Crippen molar-refractivity contribution in [3.8, 4) is 0 Å². The number of aliphatic hydroxyl groups is 1. The summed E-state index contributed by atoms with van der Waals surface area (Å²) in [4.78, 5) is 0. The van der Waals surface area contributed by atoms with Gasteiger partial charge in [0, 0.05) is 0 Å². The minimum Gasteiger partial charge on any atom is -0.393 e. The first-order chi connectivity index (χ1) is 7.35. The molecule has 1 nitrogen and oxygen atoms in total. The number of aliphatic hydroxyl groups excluding tert-OH is 1. The molecule has 16 heavy (non-hydrogen) atoms. The Morgan fingerprint density at radius 2 is 1.94 bits per heavy atom. The van der Waals surface area contributed by atoms with E-state index in [0.717, 1.165) is 6.42 Å². The molecule has 0 saturated heterocycles. The molecule has 1 unspecified atom stereocenters. The fourth-order valence-electron chi connectivity index (χ4n) is 5.21. The third kappa shape index (κ3) is 0.932. The van der Waals surface area contributed by atoms with Crippen LogP contribution >= 0.6 is 0 Å². The Hall–Kier alpha value is -0.300.